The average molecular weight is 380 g/mol. The molecule has 0 N–H and O–H groups in total. The number of amides is 1. The number of piperazine rings is 1. The minimum Gasteiger partial charge on any atom is -0.366 e. The molecule has 2 heterocycles. The van der Waals surface area contributed by atoms with E-state index in [1.165, 1.54) is 10.7 Å². The summed E-state index contributed by atoms with van der Waals surface area (Å²) in [6.45, 7) is 2.20. The normalized spacial score (nSPS) is 14.5. The number of nitrogens with zero attached hydrogens (tertiary/aromatic N) is 4. The molecule has 0 atom stereocenters. The lowest BCUT2D eigenvalue weighted by atomic mass is 10.1. The van der Waals surface area contributed by atoms with Gasteiger partial charge in [-0.3, -0.25) is 9.59 Å². The van der Waals surface area contributed by atoms with Gasteiger partial charge in [0.05, 0.1) is 23.2 Å². The zero-order chi connectivity index (χ0) is 19.7. The van der Waals surface area contributed by atoms with Gasteiger partial charge in [0.1, 0.15) is 5.82 Å². The van der Waals surface area contributed by atoms with Crippen molar-refractivity contribution in [3.63, 3.8) is 0 Å². The Kier molecular flexibility index (Phi) is 4.81. The second kappa shape index (κ2) is 7.42. The molecule has 1 aromatic heterocycles. The highest BCUT2D eigenvalue weighted by Crippen LogP contribution is 2.21. The minimum absolute atomic E-state index is 0.0375. The lowest BCUT2D eigenvalue weighted by molar-refractivity contribution is -0.130. The van der Waals surface area contributed by atoms with Gasteiger partial charge >= 0.3 is 0 Å². The Balaban J connectivity index is 1.49. The summed E-state index contributed by atoms with van der Waals surface area (Å²) >= 11 is 0. The van der Waals surface area contributed by atoms with Crippen LogP contribution in [0, 0.1) is 5.82 Å². The molecule has 28 heavy (non-hydrogen) atoms. The number of para-hydroxylation sites is 1. The van der Waals surface area contributed by atoms with Gasteiger partial charge in [0.25, 0.3) is 5.56 Å². The van der Waals surface area contributed by atoms with Crippen LogP contribution >= 0.6 is 0 Å². The summed E-state index contributed by atoms with van der Waals surface area (Å²) in [5, 5.41) is 5.58. The van der Waals surface area contributed by atoms with Crippen LogP contribution < -0.4 is 10.5 Å². The number of hydrogen-bond acceptors (Lipinski definition) is 4. The summed E-state index contributed by atoms with van der Waals surface area (Å²) in [5.74, 6) is -0.285. The SMILES string of the molecule is Cn1nc(CC(=O)N2CCN(c3ccccc3F)CC2)c2ccccc2c1=O. The topological polar surface area (TPSA) is 58.4 Å². The van der Waals surface area contributed by atoms with E-state index in [0.717, 1.165) is 0 Å². The highest BCUT2D eigenvalue weighted by atomic mass is 19.1. The molecular formula is C21H21FN4O2. The Morgan fingerprint density at radius 2 is 1.64 bits per heavy atom. The number of rotatable bonds is 3. The highest BCUT2D eigenvalue weighted by molar-refractivity contribution is 5.88. The molecule has 144 valence electrons. The van der Waals surface area contributed by atoms with Crippen molar-refractivity contribution >= 4 is 22.4 Å². The van der Waals surface area contributed by atoms with Crippen molar-refractivity contribution < 1.29 is 9.18 Å². The lowest BCUT2D eigenvalue weighted by Crippen LogP contribution is -2.49. The van der Waals surface area contributed by atoms with Crippen LogP contribution in [0.4, 0.5) is 10.1 Å². The first-order chi connectivity index (χ1) is 13.5. The molecule has 7 heteroatoms. The molecule has 1 fully saturated rings. The number of carbonyl (C=O) groups excluding carboxylic acids is 1. The van der Waals surface area contributed by atoms with E-state index >= 15 is 0 Å². The van der Waals surface area contributed by atoms with E-state index in [1.807, 2.05) is 23.1 Å². The smallest absolute Gasteiger partial charge is 0.274 e. The van der Waals surface area contributed by atoms with Gasteiger partial charge in [-0.05, 0) is 18.2 Å². The fourth-order valence-corrected chi connectivity index (χ4v) is 3.67. The van der Waals surface area contributed by atoms with Crippen LogP contribution in [0.2, 0.25) is 0 Å². The molecule has 0 radical (unpaired) electrons. The molecule has 0 bridgehead atoms. The molecule has 0 aliphatic carbocycles. The number of aromatic nitrogens is 2. The Morgan fingerprint density at radius 1 is 1.00 bits per heavy atom. The maximum Gasteiger partial charge on any atom is 0.274 e. The molecule has 0 spiro atoms. The Morgan fingerprint density at radius 3 is 2.36 bits per heavy atom. The predicted molar refractivity (Wildman–Crippen MR) is 106 cm³/mol. The molecule has 0 unspecified atom stereocenters. The maximum atomic E-state index is 14.0. The van der Waals surface area contributed by atoms with Gasteiger partial charge in [0.15, 0.2) is 0 Å². The van der Waals surface area contributed by atoms with Crippen molar-refractivity contribution in [2.24, 2.45) is 7.05 Å². The third kappa shape index (κ3) is 3.35. The van der Waals surface area contributed by atoms with Gasteiger partial charge in [-0.25, -0.2) is 9.07 Å². The molecule has 0 saturated carbocycles. The number of fused-ring (bicyclic) bond motifs is 1. The van der Waals surface area contributed by atoms with Crippen LogP contribution in [0.3, 0.4) is 0 Å². The third-order valence-corrected chi connectivity index (χ3v) is 5.18. The number of halogens is 1. The van der Waals surface area contributed by atoms with Crippen LogP contribution in [-0.2, 0) is 18.3 Å². The first-order valence-electron chi connectivity index (χ1n) is 9.27. The number of hydrogen-bond donors (Lipinski definition) is 0. The quantitative estimate of drug-likeness (QED) is 0.697. The van der Waals surface area contributed by atoms with Gasteiger partial charge in [-0.2, -0.15) is 5.10 Å². The summed E-state index contributed by atoms with van der Waals surface area (Å²) in [6.07, 6.45) is 0.133. The molecular weight excluding hydrogens is 359 g/mol. The van der Waals surface area contributed by atoms with Crippen molar-refractivity contribution in [1.29, 1.82) is 0 Å². The van der Waals surface area contributed by atoms with E-state index in [4.69, 9.17) is 0 Å². The van der Waals surface area contributed by atoms with Gasteiger partial charge < -0.3 is 9.80 Å². The van der Waals surface area contributed by atoms with Crippen LogP contribution in [0.5, 0.6) is 0 Å². The fourth-order valence-electron chi connectivity index (χ4n) is 3.67. The number of benzene rings is 2. The molecule has 1 aliphatic rings. The lowest BCUT2D eigenvalue weighted by Gasteiger charge is -2.36. The van der Waals surface area contributed by atoms with E-state index in [0.29, 0.717) is 48.3 Å². The molecule has 4 rings (SSSR count). The van der Waals surface area contributed by atoms with Crippen LogP contribution in [-0.4, -0.2) is 46.8 Å². The average Bonchev–Trinajstić information content (AvgIpc) is 2.72. The van der Waals surface area contributed by atoms with Gasteiger partial charge in [0, 0.05) is 38.6 Å². The predicted octanol–water partition coefficient (Wildman–Crippen LogP) is 1.96. The Labute approximate surface area is 161 Å². The minimum atomic E-state index is -0.247. The van der Waals surface area contributed by atoms with E-state index in [9.17, 15) is 14.0 Å². The van der Waals surface area contributed by atoms with Crippen molar-refractivity contribution in [3.8, 4) is 0 Å². The summed E-state index contributed by atoms with van der Waals surface area (Å²) in [7, 11) is 1.59. The van der Waals surface area contributed by atoms with Crippen molar-refractivity contribution in [3.05, 3.63) is 70.4 Å². The van der Waals surface area contributed by atoms with Crippen molar-refractivity contribution in [2.45, 2.75) is 6.42 Å². The Bertz CT molecular complexity index is 1090. The zero-order valence-corrected chi connectivity index (χ0v) is 15.6. The molecule has 3 aromatic rings. The fraction of sp³-hybridized carbons (Fsp3) is 0.286. The van der Waals surface area contributed by atoms with Crippen LogP contribution in [0.15, 0.2) is 53.3 Å². The van der Waals surface area contributed by atoms with E-state index in [1.54, 1.807) is 36.2 Å². The summed E-state index contributed by atoms with van der Waals surface area (Å²) in [6, 6.07) is 13.9. The van der Waals surface area contributed by atoms with E-state index in [-0.39, 0.29) is 23.7 Å². The number of carbonyl (C=O) groups is 1. The molecule has 1 saturated heterocycles. The summed E-state index contributed by atoms with van der Waals surface area (Å²) in [5.41, 5.74) is 0.991. The second-order valence-electron chi connectivity index (χ2n) is 6.92. The van der Waals surface area contributed by atoms with E-state index in [2.05, 4.69) is 5.10 Å². The monoisotopic (exact) mass is 380 g/mol. The van der Waals surface area contributed by atoms with Crippen molar-refractivity contribution in [1.82, 2.24) is 14.7 Å². The van der Waals surface area contributed by atoms with Gasteiger partial charge in [-0.15, -0.1) is 0 Å². The first kappa shape index (κ1) is 18.2. The molecule has 6 nitrogen and oxygen atoms in total. The van der Waals surface area contributed by atoms with Crippen LogP contribution in [0.25, 0.3) is 10.8 Å². The van der Waals surface area contributed by atoms with Gasteiger partial charge in [0.2, 0.25) is 5.91 Å². The number of aryl methyl sites for hydroxylation is 1. The zero-order valence-electron chi connectivity index (χ0n) is 15.6. The summed E-state index contributed by atoms with van der Waals surface area (Å²) in [4.78, 5) is 28.8. The maximum absolute atomic E-state index is 14.0. The van der Waals surface area contributed by atoms with Crippen LogP contribution in [0.1, 0.15) is 5.69 Å². The molecule has 1 aliphatic heterocycles. The first-order valence-corrected chi connectivity index (χ1v) is 9.27. The van der Waals surface area contributed by atoms with E-state index < -0.39 is 0 Å². The third-order valence-electron chi connectivity index (χ3n) is 5.18. The highest BCUT2D eigenvalue weighted by Gasteiger charge is 2.24. The van der Waals surface area contributed by atoms with Crippen molar-refractivity contribution in [2.75, 3.05) is 31.1 Å². The Hall–Kier alpha value is -3.22. The second-order valence-corrected chi connectivity index (χ2v) is 6.92. The van der Waals surface area contributed by atoms with Gasteiger partial charge in [-0.1, -0.05) is 30.3 Å². The number of anilines is 1. The molecule has 1 amide bonds. The largest absolute Gasteiger partial charge is 0.366 e. The standard InChI is InChI=1S/C21H21FN4O2/c1-24-21(28)16-7-3-2-6-15(16)18(23-24)14-20(27)26-12-10-25(11-13-26)19-9-5-4-8-17(19)22/h2-9H,10-14H2,1H3. The summed E-state index contributed by atoms with van der Waals surface area (Å²) < 4.78 is 15.3. The molecule has 2 aromatic carbocycles.